The van der Waals surface area contributed by atoms with Crippen molar-refractivity contribution in [3.05, 3.63) is 30.3 Å². The Morgan fingerprint density at radius 2 is 2.00 bits per heavy atom. The van der Waals surface area contributed by atoms with Gasteiger partial charge in [0, 0.05) is 17.6 Å². The summed E-state index contributed by atoms with van der Waals surface area (Å²) in [5.74, 6) is 0. The molecule has 0 saturated heterocycles. The molecule has 2 N–H and O–H groups in total. The minimum absolute atomic E-state index is 0.155. The minimum atomic E-state index is -0.155. The van der Waals surface area contributed by atoms with E-state index in [1.54, 1.807) is 0 Å². The molecule has 0 bridgehead atoms. The molecule has 14 heavy (non-hydrogen) atoms. The number of rotatable bonds is 4. The number of anilines is 1. The molecule has 0 aromatic heterocycles. The first kappa shape index (κ1) is 11.0. The van der Waals surface area contributed by atoms with Crippen LogP contribution in [0.2, 0.25) is 0 Å². The summed E-state index contributed by atoms with van der Waals surface area (Å²) in [5, 5.41) is 6.39. The number of alkyl halides is 1. The maximum atomic E-state index is 11.2. The first-order valence-corrected chi connectivity index (χ1v) is 5.61. The van der Waals surface area contributed by atoms with Crippen LogP contribution in [-0.4, -0.2) is 17.9 Å². The molecule has 0 radical (unpaired) electrons. The van der Waals surface area contributed by atoms with E-state index in [2.05, 4.69) is 26.6 Å². The van der Waals surface area contributed by atoms with Crippen LogP contribution in [0.1, 0.15) is 6.42 Å². The number of para-hydroxylation sites is 1. The zero-order valence-electron chi connectivity index (χ0n) is 7.79. The van der Waals surface area contributed by atoms with Crippen LogP contribution in [0.4, 0.5) is 10.5 Å². The number of carbonyl (C=O) groups excluding carboxylic acids is 1. The monoisotopic (exact) mass is 256 g/mol. The summed E-state index contributed by atoms with van der Waals surface area (Å²) in [6.07, 6.45) is 0.933. The van der Waals surface area contributed by atoms with Gasteiger partial charge in [0.2, 0.25) is 0 Å². The van der Waals surface area contributed by atoms with Gasteiger partial charge in [-0.05, 0) is 18.6 Å². The quantitative estimate of drug-likeness (QED) is 0.631. The van der Waals surface area contributed by atoms with E-state index < -0.39 is 0 Å². The number of halogens is 1. The van der Waals surface area contributed by atoms with Gasteiger partial charge in [-0.3, -0.25) is 0 Å². The Hall–Kier alpha value is -1.03. The van der Waals surface area contributed by atoms with Gasteiger partial charge in [-0.2, -0.15) is 0 Å². The third-order valence-electron chi connectivity index (χ3n) is 1.63. The number of amides is 2. The fraction of sp³-hybridized carbons (Fsp3) is 0.300. The highest BCUT2D eigenvalue weighted by Gasteiger charge is 1.98. The Bertz CT molecular complexity index is 277. The molecule has 0 saturated carbocycles. The number of nitrogens with one attached hydrogen (secondary N) is 2. The fourth-order valence-corrected chi connectivity index (χ4v) is 1.25. The van der Waals surface area contributed by atoms with Crippen molar-refractivity contribution < 1.29 is 4.79 Å². The van der Waals surface area contributed by atoms with E-state index in [0.29, 0.717) is 6.54 Å². The Morgan fingerprint density at radius 1 is 1.29 bits per heavy atom. The van der Waals surface area contributed by atoms with Gasteiger partial charge in [-0.1, -0.05) is 34.1 Å². The number of carbonyl (C=O) groups is 1. The summed E-state index contributed by atoms with van der Waals surface area (Å²) >= 11 is 3.29. The van der Waals surface area contributed by atoms with E-state index in [9.17, 15) is 4.79 Å². The second-order valence-corrected chi connectivity index (χ2v) is 3.58. The molecule has 2 amide bonds. The zero-order chi connectivity index (χ0) is 10.2. The highest BCUT2D eigenvalue weighted by Crippen LogP contribution is 2.03. The first-order valence-electron chi connectivity index (χ1n) is 4.49. The summed E-state index contributed by atoms with van der Waals surface area (Å²) in [6, 6.07) is 9.22. The zero-order valence-corrected chi connectivity index (χ0v) is 9.38. The van der Waals surface area contributed by atoms with Crippen LogP contribution in [0, 0.1) is 0 Å². The summed E-state index contributed by atoms with van der Waals surface area (Å²) < 4.78 is 0. The van der Waals surface area contributed by atoms with Gasteiger partial charge in [-0.25, -0.2) is 4.79 Å². The molecule has 1 aromatic rings. The largest absolute Gasteiger partial charge is 0.338 e. The molecule has 4 heteroatoms. The molecule has 0 atom stereocenters. The van der Waals surface area contributed by atoms with Crippen molar-refractivity contribution in [3.63, 3.8) is 0 Å². The van der Waals surface area contributed by atoms with Crippen molar-refractivity contribution in [1.82, 2.24) is 5.32 Å². The maximum absolute atomic E-state index is 11.2. The van der Waals surface area contributed by atoms with Crippen LogP contribution in [0.25, 0.3) is 0 Å². The SMILES string of the molecule is O=C(NCCCBr)Nc1ccccc1. The standard InChI is InChI=1S/C10H13BrN2O/c11-7-4-8-12-10(14)13-9-5-2-1-3-6-9/h1-3,5-6H,4,7-8H2,(H2,12,13,14). The molecule has 0 heterocycles. The summed E-state index contributed by atoms with van der Waals surface area (Å²) in [7, 11) is 0. The lowest BCUT2D eigenvalue weighted by Gasteiger charge is -2.05. The van der Waals surface area contributed by atoms with E-state index in [1.807, 2.05) is 30.3 Å². The number of hydrogen-bond acceptors (Lipinski definition) is 1. The molecule has 0 spiro atoms. The number of urea groups is 1. The van der Waals surface area contributed by atoms with Crippen LogP contribution in [0.5, 0.6) is 0 Å². The second-order valence-electron chi connectivity index (χ2n) is 2.79. The van der Waals surface area contributed by atoms with Gasteiger partial charge < -0.3 is 10.6 Å². The van der Waals surface area contributed by atoms with E-state index in [4.69, 9.17) is 0 Å². The molecule has 0 aliphatic heterocycles. The van der Waals surface area contributed by atoms with Gasteiger partial charge in [0.15, 0.2) is 0 Å². The van der Waals surface area contributed by atoms with E-state index in [0.717, 1.165) is 17.4 Å². The molecule has 1 aromatic carbocycles. The first-order chi connectivity index (χ1) is 6.83. The Kier molecular flexibility index (Phi) is 5.07. The number of hydrogen-bond donors (Lipinski definition) is 2. The lowest BCUT2D eigenvalue weighted by molar-refractivity contribution is 0.252. The fourth-order valence-electron chi connectivity index (χ4n) is 0.966. The average molecular weight is 257 g/mol. The van der Waals surface area contributed by atoms with Crippen molar-refractivity contribution >= 4 is 27.6 Å². The predicted octanol–water partition coefficient (Wildman–Crippen LogP) is 2.59. The molecular weight excluding hydrogens is 244 g/mol. The smallest absolute Gasteiger partial charge is 0.319 e. The van der Waals surface area contributed by atoms with Gasteiger partial charge in [-0.15, -0.1) is 0 Å². The summed E-state index contributed by atoms with van der Waals surface area (Å²) in [6.45, 7) is 0.684. The lowest BCUT2D eigenvalue weighted by Crippen LogP contribution is -2.29. The molecule has 76 valence electrons. The van der Waals surface area contributed by atoms with Gasteiger partial charge >= 0.3 is 6.03 Å². The van der Waals surface area contributed by atoms with Gasteiger partial charge in [0.05, 0.1) is 0 Å². The van der Waals surface area contributed by atoms with Crippen molar-refractivity contribution in [2.45, 2.75) is 6.42 Å². The van der Waals surface area contributed by atoms with Gasteiger partial charge in [0.25, 0.3) is 0 Å². The molecular formula is C10H13BrN2O. The predicted molar refractivity (Wildman–Crippen MR) is 61.9 cm³/mol. The van der Waals surface area contributed by atoms with E-state index in [1.165, 1.54) is 0 Å². The van der Waals surface area contributed by atoms with Crippen molar-refractivity contribution in [2.24, 2.45) is 0 Å². The Labute approximate surface area is 92.0 Å². The Morgan fingerprint density at radius 3 is 2.64 bits per heavy atom. The molecule has 3 nitrogen and oxygen atoms in total. The van der Waals surface area contributed by atoms with Crippen molar-refractivity contribution in [1.29, 1.82) is 0 Å². The highest BCUT2D eigenvalue weighted by molar-refractivity contribution is 9.09. The minimum Gasteiger partial charge on any atom is -0.338 e. The third-order valence-corrected chi connectivity index (χ3v) is 2.19. The topological polar surface area (TPSA) is 41.1 Å². The summed E-state index contributed by atoms with van der Waals surface area (Å²) in [4.78, 5) is 11.2. The molecule has 0 unspecified atom stereocenters. The normalized spacial score (nSPS) is 9.50. The molecule has 0 aliphatic carbocycles. The van der Waals surface area contributed by atoms with Crippen molar-refractivity contribution in [3.8, 4) is 0 Å². The molecule has 0 aliphatic rings. The highest BCUT2D eigenvalue weighted by atomic mass is 79.9. The average Bonchev–Trinajstić information content (AvgIpc) is 2.20. The Balaban J connectivity index is 2.27. The van der Waals surface area contributed by atoms with E-state index in [-0.39, 0.29) is 6.03 Å². The van der Waals surface area contributed by atoms with Crippen LogP contribution in [0.15, 0.2) is 30.3 Å². The molecule has 1 rings (SSSR count). The molecule has 0 fully saturated rings. The van der Waals surface area contributed by atoms with Gasteiger partial charge in [0.1, 0.15) is 0 Å². The lowest BCUT2D eigenvalue weighted by atomic mass is 10.3. The van der Waals surface area contributed by atoms with Crippen LogP contribution >= 0.6 is 15.9 Å². The second kappa shape index (κ2) is 6.43. The van der Waals surface area contributed by atoms with Crippen LogP contribution in [-0.2, 0) is 0 Å². The van der Waals surface area contributed by atoms with Crippen molar-refractivity contribution in [2.75, 3.05) is 17.2 Å². The third kappa shape index (κ3) is 4.28. The summed E-state index contributed by atoms with van der Waals surface area (Å²) in [5.41, 5.74) is 0.809. The van der Waals surface area contributed by atoms with E-state index >= 15 is 0 Å². The maximum Gasteiger partial charge on any atom is 0.319 e. The van der Waals surface area contributed by atoms with Crippen LogP contribution in [0.3, 0.4) is 0 Å². The number of benzene rings is 1. The van der Waals surface area contributed by atoms with Crippen LogP contribution < -0.4 is 10.6 Å².